The lowest BCUT2D eigenvalue weighted by Crippen LogP contribution is -2.27. The molecule has 0 bridgehead atoms. The number of para-hydroxylation sites is 1. The third-order valence-corrected chi connectivity index (χ3v) is 11.5. The van der Waals surface area contributed by atoms with Crippen LogP contribution in [0, 0.1) is 0 Å². The average Bonchev–Trinajstić information content (AvgIpc) is 3.60. The van der Waals surface area contributed by atoms with Gasteiger partial charge in [0, 0.05) is 56.6 Å². The normalized spacial score (nSPS) is 14.7. The van der Waals surface area contributed by atoms with Gasteiger partial charge in [-0.05, 0) is 87.5 Å². The van der Waals surface area contributed by atoms with Crippen LogP contribution in [0.25, 0.3) is 49.7 Å². The van der Waals surface area contributed by atoms with Gasteiger partial charge in [-0.1, -0.05) is 119 Å². The number of rotatable bonds is 4. The summed E-state index contributed by atoms with van der Waals surface area (Å²) in [6.07, 6.45) is 3.98. The van der Waals surface area contributed by atoms with Crippen molar-refractivity contribution in [2.24, 2.45) is 0 Å². The van der Waals surface area contributed by atoms with Gasteiger partial charge in [0.25, 0.3) is 0 Å². The molecule has 0 saturated carbocycles. The first-order valence-electron chi connectivity index (χ1n) is 17.5. The summed E-state index contributed by atoms with van der Waals surface area (Å²) >= 11 is 0. The van der Waals surface area contributed by atoms with Crippen LogP contribution in [0.5, 0.6) is 0 Å². The Hall–Kier alpha value is -5.93. The summed E-state index contributed by atoms with van der Waals surface area (Å²) in [4.78, 5) is 7.08. The van der Waals surface area contributed by atoms with Gasteiger partial charge >= 0.3 is 0 Å². The van der Waals surface area contributed by atoms with Crippen LogP contribution in [0.4, 0.5) is 17.1 Å². The van der Waals surface area contributed by atoms with Crippen LogP contribution in [0.15, 0.2) is 152 Å². The number of fused-ring (bicyclic) bond motifs is 8. The lowest BCUT2D eigenvalue weighted by molar-refractivity contribution is 0.626. The van der Waals surface area contributed by atoms with Gasteiger partial charge in [0.2, 0.25) is 0 Å². The fourth-order valence-electron chi connectivity index (χ4n) is 8.86. The minimum absolute atomic E-state index is 0.104. The maximum absolute atomic E-state index is 4.62. The molecule has 2 aromatic heterocycles. The summed E-state index contributed by atoms with van der Waals surface area (Å²) in [6.45, 7) is 9.42. The molecule has 6 aromatic carbocycles. The van der Waals surface area contributed by atoms with Gasteiger partial charge in [-0.3, -0.25) is 4.98 Å². The molecule has 3 heteroatoms. The number of hydrogen-bond acceptors (Lipinski definition) is 2. The second-order valence-electron chi connectivity index (χ2n) is 14.9. The topological polar surface area (TPSA) is 21.1 Å². The molecule has 0 radical (unpaired) electrons. The van der Waals surface area contributed by atoms with E-state index in [1.54, 1.807) is 0 Å². The summed E-state index contributed by atoms with van der Waals surface area (Å²) in [6, 6.07) is 51.5. The Morgan fingerprint density at radius 2 is 1.16 bits per heavy atom. The smallest absolute Gasteiger partial charge is 0.0583 e. The molecule has 0 unspecified atom stereocenters. The van der Waals surface area contributed by atoms with Crippen molar-refractivity contribution >= 4 is 38.9 Å². The highest BCUT2D eigenvalue weighted by Crippen LogP contribution is 2.53. The lowest BCUT2D eigenvalue weighted by Gasteiger charge is -2.36. The third kappa shape index (κ3) is 3.95. The molecule has 0 fully saturated rings. The quantitative estimate of drug-likeness (QED) is 0.190. The zero-order valence-electron chi connectivity index (χ0n) is 28.8. The predicted molar refractivity (Wildman–Crippen MR) is 208 cm³/mol. The van der Waals surface area contributed by atoms with Gasteiger partial charge in [-0.25, -0.2) is 0 Å². The molecule has 1 aliphatic carbocycles. The molecule has 240 valence electrons. The van der Waals surface area contributed by atoms with E-state index in [1.165, 1.54) is 72.0 Å². The van der Waals surface area contributed by atoms with E-state index < -0.39 is 0 Å². The van der Waals surface area contributed by atoms with Crippen molar-refractivity contribution in [2.45, 2.75) is 38.5 Å². The van der Waals surface area contributed by atoms with Crippen LogP contribution in [0.3, 0.4) is 0 Å². The van der Waals surface area contributed by atoms with Gasteiger partial charge in [0.1, 0.15) is 0 Å². The van der Waals surface area contributed by atoms with Crippen molar-refractivity contribution in [2.75, 3.05) is 4.90 Å². The van der Waals surface area contributed by atoms with Crippen LogP contribution in [0.2, 0.25) is 0 Å². The molecule has 10 rings (SSSR count). The predicted octanol–water partition coefficient (Wildman–Crippen LogP) is 12.3. The van der Waals surface area contributed by atoms with Gasteiger partial charge in [-0.15, -0.1) is 0 Å². The molecule has 2 aliphatic rings. The van der Waals surface area contributed by atoms with E-state index in [2.05, 4.69) is 188 Å². The second kappa shape index (κ2) is 10.3. The molecular formula is C47H37N3. The summed E-state index contributed by atoms with van der Waals surface area (Å²) in [7, 11) is 0. The van der Waals surface area contributed by atoms with Crippen LogP contribution >= 0.6 is 0 Å². The second-order valence-corrected chi connectivity index (χ2v) is 14.9. The average molecular weight is 644 g/mol. The van der Waals surface area contributed by atoms with Crippen molar-refractivity contribution in [3.8, 4) is 27.9 Å². The molecule has 0 saturated heterocycles. The monoisotopic (exact) mass is 643 g/mol. The molecule has 3 nitrogen and oxygen atoms in total. The van der Waals surface area contributed by atoms with Crippen molar-refractivity contribution in [1.82, 2.24) is 9.55 Å². The fraction of sp³-hybridized carbons (Fsp3) is 0.128. The molecule has 0 spiro atoms. The molecule has 0 amide bonds. The standard InChI is InChI=1S/C47H37N3/c1-46(2)39-16-10-8-14-35(39)36-23-22-33(27-40(36)46)49(32-20-18-31(19-21-32)30-12-6-5-7-13-30)34-26-38-37-15-9-11-17-43(37)50-44-24-25-48-29-42(44)47(3,4)41(28-34)45(38)50/h5-29H,1-4H3. The van der Waals surface area contributed by atoms with E-state index in [-0.39, 0.29) is 10.8 Å². The van der Waals surface area contributed by atoms with Crippen LogP contribution in [-0.4, -0.2) is 9.55 Å². The highest BCUT2D eigenvalue weighted by molar-refractivity contribution is 6.13. The highest BCUT2D eigenvalue weighted by atomic mass is 15.1. The lowest BCUT2D eigenvalue weighted by atomic mass is 9.75. The number of anilines is 3. The fourth-order valence-corrected chi connectivity index (χ4v) is 8.86. The van der Waals surface area contributed by atoms with Crippen LogP contribution in [0.1, 0.15) is 49.9 Å². The van der Waals surface area contributed by atoms with E-state index >= 15 is 0 Å². The largest absolute Gasteiger partial charge is 0.310 e. The molecule has 8 aromatic rings. The van der Waals surface area contributed by atoms with Crippen molar-refractivity contribution < 1.29 is 0 Å². The van der Waals surface area contributed by atoms with E-state index in [9.17, 15) is 0 Å². The van der Waals surface area contributed by atoms with E-state index in [0.717, 1.165) is 17.1 Å². The minimum atomic E-state index is -0.257. The zero-order chi connectivity index (χ0) is 33.8. The first kappa shape index (κ1) is 29.0. The highest BCUT2D eigenvalue weighted by Gasteiger charge is 2.38. The Balaban J connectivity index is 1.24. The maximum Gasteiger partial charge on any atom is 0.0583 e. The molecule has 0 atom stereocenters. The zero-order valence-corrected chi connectivity index (χ0v) is 28.8. The molecule has 1 aliphatic heterocycles. The molecule has 0 N–H and O–H groups in total. The van der Waals surface area contributed by atoms with Gasteiger partial charge in [0.05, 0.1) is 16.7 Å². The van der Waals surface area contributed by atoms with Gasteiger partial charge < -0.3 is 9.47 Å². The summed E-state index contributed by atoms with van der Waals surface area (Å²) in [5.41, 5.74) is 17.2. The van der Waals surface area contributed by atoms with E-state index in [0.29, 0.717) is 0 Å². The van der Waals surface area contributed by atoms with Gasteiger partial charge in [-0.2, -0.15) is 0 Å². The van der Waals surface area contributed by atoms with Gasteiger partial charge in [0.15, 0.2) is 0 Å². The third-order valence-electron chi connectivity index (χ3n) is 11.5. The Labute approximate surface area is 293 Å². The molecular weight excluding hydrogens is 607 g/mol. The van der Waals surface area contributed by atoms with Crippen molar-refractivity contribution in [3.63, 3.8) is 0 Å². The molecule has 50 heavy (non-hydrogen) atoms. The number of hydrogen-bond donors (Lipinski definition) is 0. The first-order chi connectivity index (χ1) is 24.3. The van der Waals surface area contributed by atoms with Crippen LogP contribution < -0.4 is 4.90 Å². The van der Waals surface area contributed by atoms with E-state index in [4.69, 9.17) is 0 Å². The Morgan fingerprint density at radius 3 is 2.00 bits per heavy atom. The molecule has 3 heterocycles. The summed E-state index contributed by atoms with van der Waals surface area (Å²) < 4.78 is 2.46. The SMILES string of the molecule is CC1(C)c2ccccc2-c2ccc(N(c3ccc(-c4ccccc4)cc3)c3cc4c5c(c3)c3ccccc3n5-c3ccncc3C4(C)C)cc21. The first-order valence-corrected chi connectivity index (χ1v) is 17.5. The number of nitrogens with zero attached hydrogens (tertiary/aromatic N) is 3. The number of pyridine rings is 1. The number of aromatic nitrogens is 2. The Kier molecular flexibility index (Phi) is 5.97. The van der Waals surface area contributed by atoms with Crippen molar-refractivity contribution in [1.29, 1.82) is 0 Å². The summed E-state index contributed by atoms with van der Waals surface area (Å²) in [5, 5.41) is 2.53. The van der Waals surface area contributed by atoms with Crippen molar-refractivity contribution in [3.05, 3.63) is 174 Å². The minimum Gasteiger partial charge on any atom is -0.310 e. The maximum atomic E-state index is 4.62. The Morgan fingerprint density at radius 1 is 0.500 bits per heavy atom. The van der Waals surface area contributed by atoms with Crippen LogP contribution in [-0.2, 0) is 10.8 Å². The van der Waals surface area contributed by atoms with E-state index in [1.807, 2.05) is 6.20 Å². The number of benzene rings is 6. The summed E-state index contributed by atoms with van der Waals surface area (Å²) in [5.74, 6) is 0. The Bertz CT molecular complexity index is 2640.